The van der Waals surface area contributed by atoms with Crippen LogP contribution in [0, 0.1) is 25.7 Å². The van der Waals surface area contributed by atoms with E-state index >= 15 is 0 Å². The second-order valence-corrected chi connectivity index (χ2v) is 8.69. The van der Waals surface area contributed by atoms with Crippen molar-refractivity contribution in [2.75, 3.05) is 17.7 Å². The molecule has 1 aliphatic carbocycles. The van der Waals surface area contributed by atoms with E-state index in [2.05, 4.69) is 10.6 Å². The number of carbonyl (C=O) groups excluding carboxylic acids is 2. The van der Waals surface area contributed by atoms with Crippen LogP contribution in [0.2, 0.25) is 0 Å². The van der Waals surface area contributed by atoms with Crippen molar-refractivity contribution >= 4 is 39.8 Å². The molecule has 0 aliphatic heterocycles. The molecule has 3 rings (SSSR count). The number of nitrogens with one attached hydrogen (secondary N) is 2. The fraction of sp³-hybridized carbons (Fsp3) is 0.409. The Balaban J connectivity index is 1.85. The van der Waals surface area contributed by atoms with E-state index in [1.54, 1.807) is 18.2 Å². The van der Waals surface area contributed by atoms with Gasteiger partial charge in [0.15, 0.2) is 0 Å². The molecule has 0 bridgehead atoms. The van der Waals surface area contributed by atoms with Crippen molar-refractivity contribution in [2.45, 2.75) is 39.5 Å². The minimum atomic E-state index is -0.942. The number of thiophene rings is 1. The van der Waals surface area contributed by atoms with Gasteiger partial charge in [-0.05, 0) is 44.4 Å². The van der Waals surface area contributed by atoms with Crippen LogP contribution in [0.1, 0.15) is 46.5 Å². The molecule has 2 amide bonds. The number of amides is 2. The molecule has 2 aromatic rings. The van der Waals surface area contributed by atoms with Crippen molar-refractivity contribution < 1.29 is 24.2 Å². The van der Waals surface area contributed by atoms with Gasteiger partial charge in [0.1, 0.15) is 10.8 Å². The molecular formula is C22H26N2O5S. The highest BCUT2D eigenvalue weighted by Crippen LogP contribution is 2.36. The first-order valence-corrected chi connectivity index (χ1v) is 10.7. The Bertz CT molecular complexity index is 968. The third-order valence-corrected chi connectivity index (χ3v) is 6.75. The Labute approximate surface area is 179 Å². The third kappa shape index (κ3) is 4.48. The molecule has 0 radical (unpaired) electrons. The Morgan fingerprint density at radius 2 is 1.73 bits per heavy atom. The van der Waals surface area contributed by atoms with Gasteiger partial charge >= 0.3 is 5.97 Å². The van der Waals surface area contributed by atoms with Crippen molar-refractivity contribution in [3.8, 4) is 5.75 Å². The van der Waals surface area contributed by atoms with Gasteiger partial charge in [0, 0.05) is 4.88 Å². The highest BCUT2D eigenvalue weighted by atomic mass is 32.1. The summed E-state index contributed by atoms with van der Waals surface area (Å²) in [6, 6.07) is 7.09. The number of rotatable bonds is 6. The van der Waals surface area contributed by atoms with Crippen molar-refractivity contribution in [2.24, 2.45) is 11.8 Å². The maximum atomic E-state index is 13.1. The standard InChI is InChI=1S/C22H26N2O5S/c1-12-13(2)30-21(24-19(25)14-8-4-5-9-15(14)22(27)28)18(12)20(26)23-16-10-6-7-11-17(16)29-3/h6-7,10-11,14-15H,4-5,8-9H2,1-3H3,(H,23,26)(H,24,25)(H,27,28)/t14-,15-/m0/s1. The smallest absolute Gasteiger partial charge is 0.307 e. The number of ether oxygens (including phenoxy) is 1. The lowest BCUT2D eigenvalue weighted by Crippen LogP contribution is -2.36. The van der Waals surface area contributed by atoms with Gasteiger partial charge in [0.25, 0.3) is 5.91 Å². The first-order chi connectivity index (χ1) is 14.3. The van der Waals surface area contributed by atoms with Crippen LogP contribution in [0.25, 0.3) is 0 Å². The molecule has 0 unspecified atom stereocenters. The van der Waals surface area contributed by atoms with E-state index in [1.165, 1.54) is 18.4 Å². The highest BCUT2D eigenvalue weighted by molar-refractivity contribution is 7.16. The summed E-state index contributed by atoms with van der Waals surface area (Å²) in [4.78, 5) is 38.5. The molecule has 3 N–H and O–H groups in total. The normalized spacial score (nSPS) is 18.5. The van der Waals surface area contributed by atoms with Crippen LogP contribution in [0.3, 0.4) is 0 Å². The van der Waals surface area contributed by atoms with Crippen LogP contribution in [-0.4, -0.2) is 30.0 Å². The molecule has 7 nitrogen and oxygen atoms in total. The lowest BCUT2D eigenvalue weighted by molar-refractivity contribution is -0.147. The fourth-order valence-electron chi connectivity index (χ4n) is 3.87. The average molecular weight is 431 g/mol. The zero-order chi connectivity index (χ0) is 21.8. The van der Waals surface area contributed by atoms with E-state index < -0.39 is 17.8 Å². The molecule has 0 saturated heterocycles. The zero-order valence-electron chi connectivity index (χ0n) is 17.3. The summed E-state index contributed by atoms with van der Waals surface area (Å²) >= 11 is 1.32. The molecule has 1 fully saturated rings. The molecule has 1 saturated carbocycles. The van der Waals surface area contributed by atoms with Crippen LogP contribution in [0.5, 0.6) is 5.75 Å². The zero-order valence-corrected chi connectivity index (χ0v) is 18.1. The summed E-state index contributed by atoms with van der Waals surface area (Å²) < 4.78 is 5.29. The van der Waals surface area contributed by atoms with Crippen molar-refractivity contribution in [1.82, 2.24) is 0 Å². The van der Waals surface area contributed by atoms with Crippen molar-refractivity contribution in [1.29, 1.82) is 0 Å². The lowest BCUT2D eigenvalue weighted by atomic mass is 9.79. The number of aliphatic carboxylic acids is 1. The number of aryl methyl sites for hydroxylation is 1. The van der Waals surface area contributed by atoms with Crippen molar-refractivity contribution in [3.05, 3.63) is 40.3 Å². The lowest BCUT2D eigenvalue weighted by Gasteiger charge is -2.27. The van der Waals surface area contributed by atoms with Gasteiger partial charge in [-0.25, -0.2) is 0 Å². The molecular weight excluding hydrogens is 404 g/mol. The summed E-state index contributed by atoms with van der Waals surface area (Å²) in [5.41, 5.74) is 1.70. The van der Waals surface area contributed by atoms with Gasteiger partial charge in [0.05, 0.1) is 30.2 Å². The SMILES string of the molecule is COc1ccccc1NC(=O)c1c(NC(=O)[C@H]2CCCC[C@@H]2C(=O)O)sc(C)c1C. The van der Waals surface area contributed by atoms with E-state index in [4.69, 9.17) is 4.74 Å². The van der Waals surface area contributed by atoms with Crippen LogP contribution in [-0.2, 0) is 9.59 Å². The number of carboxylic acid groups (broad SMARTS) is 1. The molecule has 30 heavy (non-hydrogen) atoms. The Hall–Kier alpha value is -2.87. The largest absolute Gasteiger partial charge is 0.495 e. The molecule has 1 heterocycles. The Morgan fingerprint density at radius 3 is 2.40 bits per heavy atom. The second kappa shape index (κ2) is 9.30. The second-order valence-electron chi connectivity index (χ2n) is 7.47. The van der Waals surface area contributed by atoms with Gasteiger partial charge in [-0.15, -0.1) is 11.3 Å². The third-order valence-electron chi connectivity index (χ3n) is 5.62. The number of anilines is 2. The molecule has 8 heteroatoms. The van der Waals surface area contributed by atoms with Crippen LogP contribution in [0.15, 0.2) is 24.3 Å². The summed E-state index contributed by atoms with van der Waals surface area (Å²) in [6.45, 7) is 3.72. The highest BCUT2D eigenvalue weighted by Gasteiger charge is 2.36. The molecule has 2 atom stereocenters. The van der Waals surface area contributed by atoms with Gasteiger partial charge in [-0.1, -0.05) is 25.0 Å². The van der Waals surface area contributed by atoms with E-state index in [-0.39, 0.29) is 11.8 Å². The number of carbonyl (C=O) groups is 3. The maximum absolute atomic E-state index is 13.1. The van der Waals surface area contributed by atoms with Crippen LogP contribution < -0.4 is 15.4 Å². The number of hydrogen-bond donors (Lipinski definition) is 3. The van der Waals surface area contributed by atoms with Crippen LogP contribution >= 0.6 is 11.3 Å². The summed E-state index contributed by atoms with van der Waals surface area (Å²) in [7, 11) is 1.53. The average Bonchev–Trinajstić information content (AvgIpc) is 3.01. The number of carboxylic acids is 1. The number of benzene rings is 1. The summed E-state index contributed by atoms with van der Waals surface area (Å²) in [5, 5.41) is 15.6. The van der Waals surface area contributed by atoms with Gasteiger partial charge < -0.3 is 20.5 Å². The first kappa shape index (κ1) is 21.8. The molecule has 1 aliphatic rings. The Kier molecular flexibility index (Phi) is 6.77. The number of hydrogen-bond acceptors (Lipinski definition) is 5. The molecule has 1 aromatic heterocycles. The minimum Gasteiger partial charge on any atom is -0.495 e. The van der Waals surface area contributed by atoms with Gasteiger partial charge in [0.2, 0.25) is 5.91 Å². The van der Waals surface area contributed by atoms with Crippen LogP contribution in [0.4, 0.5) is 10.7 Å². The minimum absolute atomic E-state index is 0.338. The first-order valence-electron chi connectivity index (χ1n) is 9.91. The predicted molar refractivity (Wildman–Crippen MR) is 116 cm³/mol. The Morgan fingerprint density at radius 1 is 1.07 bits per heavy atom. The van der Waals surface area contributed by atoms with Crippen molar-refractivity contribution in [3.63, 3.8) is 0 Å². The molecule has 1 aromatic carbocycles. The van der Waals surface area contributed by atoms with E-state index in [0.29, 0.717) is 34.8 Å². The van der Waals surface area contributed by atoms with Gasteiger partial charge in [-0.3, -0.25) is 14.4 Å². The fourth-order valence-corrected chi connectivity index (χ4v) is 4.93. The van der Waals surface area contributed by atoms with Gasteiger partial charge in [-0.2, -0.15) is 0 Å². The monoisotopic (exact) mass is 430 g/mol. The summed E-state index contributed by atoms with van der Waals surface area (Å²) in [5.74, 6) is -2.38. The summed E-state index contributed by atoms with van der Waals surface area (Å²) in [6.07, 6.45) is 2.67. The number of para-hydroxylation sites is 2. The van der Waals surface area contributed by atoms with E-state index in [9.17, 15) is 19.5 Å². The quantitative estimate of drug-likeness (QED) is 0.628. The molecule has 160 valence electrons. The predicted octanol–water partition coefficient (Wildman–Crippen LogP) is 4.46. The topological polar surface area (TPSA) is 105 Å². The maximum Gasteiger partial charge on any atom is 0.307 e. The number of methoxy groups -OCH3 is 1. The molecule has 0 spiro atoms. The van der Waals surface area contributed by atoms with E-state index in [0.717, 1.165) is 23.3 Å². The van der Waals surface area contributed by atoms with E-state index in [1.807, 2.05) is 19.9 Å².